The van der Waals surface area contributed by atoms with Gasteiger partial charge in [0.05, 0.1) is 0 Å². The van der Waals surface area contributed by atoms with Crippen molar-refractivity contribution in [3.63, 3.8) is 0 Å². The molecule has 0 unspecified atom stereocenters. The number of aromatic amines is 1. The number of aromatic nitrogens is 3. The molecule has 0 spiro atoms. The molecule has 2 aromatic rings. The molecule has 0 saturated carbocycles. The van der Waals surface area contributed by atoms with E-state index < -0.39 is 0 Å². The van der Waals surface area contributed by atoms with Crippen LogP contribution in [0.4, 0.5) is 0 Å². The summed E-state index contributed by atoms with van der Waals surface area (Å²) < 4.78 is 0. The van der Waals surface area contributed by atoms with Crippen molar-refractivity contribution in [1.82, 2.24) is 20.1 Å². The number of hydrogen-bond acceptors (Lipinski definition) is 3. The van der Waals surface area contributed by atoms with Crippen molar-refractivity contribution in [2.24, 2.45) is 0 Å². The predicted molar refractivity (Wildman–Crippen MR) is 79.7 cm³/mol. The van der Waals surface area contributed by atoms with E-state index >= 15 is 0 Å². The highest BCUT2D eigenvalue weighted by atomic mass is 15.2. The molecule has 4 nitrogen and oxygen atoms in total. The van der Waals surface area contributed by atoms with Gasteiger partial charge in [-0.15, -0.1) is 0 Å². The van der Waals surface area contributed by atoms with Crippen molar-refractivity contribution >= 4 is 0 Å². The highest BCUT2D eigenvalue weighted by molar-refractivity contribution is 5.19. The minimum absolute atomic E-state index is 0.556. The van der Waals surface area contributed by atoms with E-state index in [4.69, 9.17) is 0 Å². The molecule has 0 radical (unpaired) electrons. The van der Waals surface area contributed by atoms with Gasteiger partial charge in [-0.05, 0) is 37.4 Å². The Kier molecular flexibility index (Phi) is 4.11. The maximum absolute atomic E-state index is 4.29. The normalized spacial score (nSPS) is 19.1. The maximum atomic E-state index is 4.29. The fraction of sp³-hybridized carbons (Fsp3) is 0.500. The van der Waals surface area contributed by atoms with Crippen molar-refractivity contribution in [3.05, 3.63) is 48.0 Å². The van der Waals surface area contributed by atoms with Gasteiger partial charge in [-0.1, -0.05) is 37.3 Å². The maximum Gasteiger partial charge on any atom is 0.137 e. The molecule has 1 fully saturated rings. The average molecular weight is 270 g/mol. The van der Waals surface area contributed by atoms with Gasteiger partial charge in [0.15, 0.2) is 0 Å². The van der Waals surface area contributed by atoms with Gasteiger partial charge >= 0.3 is 0 Å². The molecule has 1 aromatic heterocycles. The monoisotopic (exact) mass is 270 g/mol. The third-order valence-corrected chi connectivity index (χ3v) is 4.31. The molecule has 1 saturated heterocycles. The summed E-state index contributed by atoms with van der Waals surface area (Å²) in [5.41, 5.74) is 1.44. The third-order valence-electron chi connectivity index (χ3n) is 4.31. The Morgan fingerprint density at radius 2 is 2.00 bits per heavy atom. The molecule has 1 aliphatic heterocycles. The van der Waals surface area contributed by atoms with Gasteiger partial charge < -0.3 is 4.90 Å². The zero-order valence-corrected chi connectivity index (χ0v) is 12.0. The predicted octanol–water partition coefficient (Wildman–Crippen LogP) is 2.79. The summed E-state index contributed by atoms with van der Waals surface area (Å²) in [6, 6.07) is 10.8. The fourth-order valence-electron chi connectivity index (χ4n) is 3.07. The highest BCUT2D eigenvalue weighted by Crippen LogP contribution is 2.26. The molecular formula is C16H22N4. The van der Waals surface area contributed by atoms with E-state index in [-0.39, 0.29) is 0 Å². The van der Waals surface area contributed by atoms with E-state index in [1.54, 1.807) is 6.33 Å². The largest absolute Gasteiger partial charge is 0.303 e. The highest BCUT2D eigenvalue weighted by Gasteiger charge is 2.23. The molecular weight excluding hydrogens is 248 g/mol. The van der Waals surface area contributed by atoms with Crippen molar-refractivity contribution < 1.29 is 0 Å². The Bertz CT molecular complexity index is 501. The first-order chi connectivity index (χ1) is 9.83. The summed E-state index contributed by atoms with van der Waals surface area (Å²) >= 11 is 0. The van der Waals surface area contributed by atoms with E-state index in [0.717, 1.165) is 25.5 Å². The van der Waals surface area contributed by atoms with E-state index in [1.165, 1.54) is 18.4 Å². The van der Waals surface area contributed by atoms with E-state index in [9.17, 15) is 0 Å². The molecule has 0 aliphatic carbocycles. The lowest BCUT2D eigenvalue weighted by molar-refractivity contribution is 0.201. The van der Waals surface area contributed by atoms with Crippen LogP contribution in [0.1, 0.15) is 43.0 Å². The van der Waals surface area contributed by atoms with Gasteiger partial charge in [-0.2, -0.15) is 5.10 Å². The quantitative estimate of drug-likeness (QED) is 0.929. The number of piperidine rings is 1. The summed E-state index contributed by atoms with van der Waals surface area (Å²) in [6.07, 6.45) is 3.96. The summed E-state index contributed by atoms with van der Waals surface area (Å²) in [7, 11) is 0. The van der Waals surface area contributed by atoms with Crippen LogP contribution < -0.4 is 0 Å². The van der Waals surface area contributed by atoms with Crippen molar-refractivity contribution in [2.75, 3.05) is 19.6 Å². The summed E-state index contributed by atoms with van der Waals surface area (Å²) in [4.78, 5) is 6.86. The van der Waals surface area contributed by atoms with Crippen LogP contribution in [0, 0.1) is 0 Å². The molecule has 1 atom stereocenters. The SMILES string of the molecule is C[C@H](CN1CCC(c2ncn[nH]2)CC1)c1ccccc1. The fourth-order valence-corrected chi connectivity index (χ4v) is 3.07. The zero-order chi connectivity index (χ0) is 13.8. The number of rotatable bonds is 4. The lowest BCUT2D eigenvalue weighted by Gasteiger charge is -2.32. The second-order valence-corrected chi connectivity index (χ2v) is 5.76. The van der Waals surface area contributed by atoms with Crippen LogP contribution in [0.15, 0.2) is 36.7 Å². The summed E-state index contributed by atoms with van der Waals surface area (Å²) in [6.45, 7) is 5.77. The second kappa shape index (κ2) is 6.18. The third kappa shape index (κ3) is 3.07. The van der Waals surface area contributed by atoms with Gasteiger partial charge in [0.2, 0.25) is 0 Å². The lowest BCUT2D eigenvalue weighted by Crippen LogP contribution is -2.35. The van der Waals surface area contributed by atoms with Gasteiger partial charge in [0, 0.05) is 12.5 Å². The van der Waals surface area contributed by atoms with Gasteiger partial charge in [-0.3, -0.25) is 5.10 Å². The molecule has 0 amide bonds. The molecule has 106 valence electrons. The van der Waals surface area contributed by atoms with Crippen molar-refractivity contribution in [2.45, 2.75) is 31.6 Å². The van der Waals surface area contributed by atoms with Gasteiger partial charge in [0.25, 0.3) is 0 Å². The molecule has 2 heterocycles. The van der Waals surface area contributed by atoms with E-state index in [2.05, 4.69) is 57.3 Å². The smallest absolute Gasteiger partial charge is 0.137 e. The van der Waals surface area contributed by atoms with Crippen molar-refractivity contribution in [3.8, 4) is 0 Å². The number of nitrogens with one attached hydrogen (secondary N) is 1. The topological polar surface area (TPSA) is 44.8 Å². The van der Waals surface area contributed by atoms with Gasteiger partial charge in [-0.25, -0.2) is 4.98 Å². The number of H-pyrrole nitrogens is 1. The Labute approximate surface area is 120 Å². The Morgan fingerprint density at radius 3 is 2.65 bits per heavy atom. The number of benzene rings is 1. The summed E-state index contributed by atoms with van der Waals surface area (Å²) in [5.74, 6) is 2.21. The molecule has 4 heteroatoms. The minimum Gasteiger partial charge on any atom is -0.303 e. The molecule has 3 rings (SSSR count). The first-order valence-electron chi connectivity index (χ1n) is 7.45. The minimum atomic E-state index is 0.556. The Balaban J connectivity index is 1.51. The van der Waals surface area contributed by atoms with Crippen LogP contribution in [0.5, 0.6) is 0 Å². The Morgan fingerprint density at radius 1 is 1.25 bits per heavy atom. The lowest BCUT2D eigenvalue weighted by atomic mass is 9.94. The van der Waals surface area contributed by atoms with Crippen molar-refractivity contribution in [1.29, 1.82) is 0 Å². The number of likely N-dealkylation sites (tertiary alicyclic amines) is 1. The van der Waals surface area contributed by atoms with Gasteiger partial charge in [0.1, 0.15) is 12.2 Å². The second-order valence-electron chi connectivity index (χ2n) is 5.76. The number of nitrogens with zero attached hydrogens (tertiary/aromatic N) is 3. The first-order valence-corrected chi connectivity index (χ1v) is 7.45. The number of hydrogen-bond donors (Lipinski definition) is 1. The van der Waals surface area contributed by atoms with Crippen LogP contribution in [0.2, 0.25) is 0 Å². The Hall–Kier alpha value is -1.68. The van der Waals surface area contributed by atoms with Crippen LogP contribution in [0.3, 0.4) is 0 Å². The average Bonchev–Trinajstić information content (AvgIpc) is 3.03. The molecule has 1 aliphatic rings. The molecule has 0 bridgehead atoms. The standard InChI is InChI=1S/C16H22N4/c1-13(14-5-3-2-4-6-14)11-20-9-7-15(8-10-20)16-17-12-18-19-16/h2-6,12-13,15H,7-11H2,1H3,(H,17,18,19)/t13-/m1/s1. The van der Waals surface area contributed by atoms with Crippen LogP contribution >= 0.6 is 0 Å². The van der Waals surface area contributed by atoms with Crippen LogP contribution in [-0.2, 0) is 0 Å². The van der Waals surface area contributed by atoms with Crippen LogP contribution in [-0.4, -0.2) is 39.7 Å². The van der Waals surface area contributed by atoms with E-state index in [0.29, 0.717) is 11.8 Å². The van der Waals surface area contributed by atoms with E-state index in [1.807, 2.05) is 0 Å². The van der Waals surface area contributed by atoms with Crippen LogP contribution in [0.25, 0.3) is 0 Å². The molecule has 1 N–H and O–H groups in total. The first kappa shape index (κ1) is 13.3. The molecule has 1 aromatic carbocycles. The zero-order valence-electron chi connectivity index (χ0n) is 12.0. The summed E-state index contributed by atoms with van der Waals surface area (Å²) in [5, 5.41) is 6.96. The molecule has 20 heavy (non-hydrogen) atoms.